The lowest BCUT2D eigenvalue weighted by molar-refractivity contribution is -0.159. The zero-order valence-corrected chi connectivity index (χ0v) is 18.3. The minimum Gasteiger partial charge on any atom is -0.507 e. The Hall–Kier alpha value is -2.34. The summed E-state index contributed by atoms with van der Waals surface area (Å²) in [5.41, 5.74) is 5.61. The molecule has 10 nitrogen and oxygen atoms in total. The number of nitrogens with two attached hydrogens (primary N) is 1. The average molecular weight is 474 g/mol. The van der Waals surface area contributed by atoms with E-state index < -0.39 is 55.5 Å². The van der Waals surface area contributed by atoms with Gasteiger partial charge in [0, 0.05) is 5.02 Å². The fraction of sp³-hybridized carbons (Fsp3) is 0.444. The van der Waals surface area contributed by atoms with Crippen molar-refractivity contribution < 1.29 is 33.6 Å². The van der Waals surface area contributed by atoms with Gasteiger partial charge in [0.2, 0.25) is 5.91 Å². The molecule has 1 aromatic rings. The van der Waals surface area contributed by atoms with Crippen LogP contribution >= 0.6 is 23.2 Å². The fourth-order valence-electron chi connectivity index (χ4n) is 2.89. The van der Waals surface area contributed by atoms with E-state index >= 15 is 0 Å². The zero-order chi connectivity index (χ0) is 23.3. The number of carboxylic acid groups (broad SMARTS) is 1. The van der Waals surface area contributed by atoms with E-state index in [1.54, 1.807) is 0 Å². The maximum Gasteiger partial charge on any atom is 0.552 e. The molecule has 1 aromatic carbocycles. The van der Waals surface area contributed by atoms with E-state index in [4.69, 9.17) is 38.2 Å². The lowest BCUT2D eigenvalue weighted by Crippen LogP contribution is -2.63. The van der Waals surface area contributed by atoms with Gasteiger partial charge in [0.15, 0.2) is 6.10 Å². The van der Waals surface area contributed by atoms with Gasteiger partial charge in [-0.25, -0.2) is 4.79 Å². The smallest absolute Gasteiger partial charge is 0.507 e. The Balaban J connectivity index is 2.04. The Morgan fingerprint density at radius 3 is 2.58 bits per heavy atom. The summed E-state index contributed by atoms with van der Waals surface area (Å²) in [5, 5.41) is 14.7. The van der Waals surface area contributed by atoms with Gasteiger partial charge in [-0.3, -0.25) is 14.4 Å². The van der Waals surface area contributed by atoms with Crippen molar-refractivity contribution in [2.75, 3.05) is 6.54 Å². The molecule has 13 heteroatoms. The van der Waals surface area contributed by atoms with Crippen LogP contribution in [0.4, 0.5) is 0 Å². The fourth-order valence-corrected chi connectivity index (χ4v) is 3.27. The van der Waals surface area contributed by atoms with Gasteiger partial charge in [-0.1, -0.05) is 37.0 Å². The molecule has 1 fully saturated rings. The van der Waals surface area contributed by atoms with Crippen LogP contribution in [-0.4, -0.2) is 60.6 Å². The molecule has 31 heavy (non-hydrogen) atoms. The standard InChI is InChI=1S/C18H22BCl2N3O7/c1-8(2)5-12(19-30-15(17(27)28)14(22)18(29)31-19)24-13(25)7-23-16(26)10-6-9(20)3-4-11(10)21/h3-4,6,8,12,14-15H,5,7,22H2,1-2H3,(H,23,26)(H,24,25)(H,27,28)/t12?,14-,15+/m0/s1. The van der Waals surface area contributed by atoms with Crippen LogP contribution in [0.15, 0.2) is 18.2 Å². The first-order valence-electron chi connectivity index (χ1n) is 9.36. The van der Waals surface area contributed by atoms with Gasteiger partial charge in [0.25, 0.3) is 5.91 Å². The van der Waals surface area contributed by atoms with Crippen molar-refractivity contribution in [2.45, 2.75) is 38.4 Å². The molecule has 1 saturated heterocycles. The summed E-state index contributed by atoms with van der Waals surface area (Å²) in [5.74, 6) is -4.42. The maximum atomic E-state index is 12.4. The van der Waals surface area contributed by atoms with Crippen molar-refractivity contribution >= 4 is 54.1 Å². The number of hydrogen-bond donors (Lipinski definition) is 4. The molecular formula is C18H22BCl2N3O7. The van der Waals surface area contributed by atoms with Crippen LogP contribution in [-0.2, 0) is 23.7 Å². The van der Waals surface area contributed by atoms with Crippen molar-refractivity contribution in [3.8, 4) is 0 Å². The van der Waals surface area contributed by atoms with Gasteiger partial charge < -0.3 is 30.8 Å². The molecule has 0 radical (unpaired) electrons. The van der Waals surface area contributed by atoms with Crippen LogP contribution in [0.25, 0.3) is 0 Å². The van der Waals surface area contributed by atoms with E-state index in [-0.39, 0.29) is 16.5 Å². The summed E-state index contributed by atoms with van der Waals surface area (Å²) in [6.07, 6.45) is -1.30. The third-order valence-corrected chi connectivity index (χ3v) is 4.90. The van der Waals surface area contributed by atoms with E-state index in [1.807, 2.05) is 13.8 Å². The quantitative estimate of drug-likeness (QED) is 0.400. The van der Waals surface area contributed by atoms with E-state index in [9.17, 15) is 24.3 Å². The van der Waals surface area contributed by atoms with Crippen LogP contribution < -0.4 is 16.4 Å². The number of carbonyl (C=O) groups is 4. The normalized spacial score (nSPS) is 19.5. The molecule has 1 unspecified atom stereocenters. The highest BCUT2D eigenvalue weighted by Crippen LogP contribution is 2.20. The molecule has 1 heterocycles. The maximum absolute atomic E-state index is 12.4. The second-order valence-corrected chi connectivity index (χ2v) is 8.18. The van der Waals surface area contributed by atoms with Gasteiger partial charge in [0.1, 0.15) is 6.04 Å². The molecular weight excluding hydrogens is 452 g/mol. The van der Waals surface area contributed by atoms with Gasteiger partial charge in [-0.05, 0) is 30.5 Å². The number of halogens is 2. The van der Waals surface area contributed by atoms with Crippen LogP contribution in [0.1, 0.15) is 30.6 Å². The van der Waals surface area contributed by atoms with Crippen molar-refractivity contribution in [2.24, 2.45) is 11.7 Å². The molecule has 0 aliphatic carbocycles. The Morgan fingerprint density at radius 1 is 1.29 bits per heavy atom. The molecule has 0 saturated carbocycles. The molecule has 0 aromatic heterocycles. The molecule has 2 rings (SSSR count). The van der Waals surface area contributed by atoms with E-state index in [0.29, 0.717) is 11.4 Å². The number of rotatable bonds is 8. The van der Waals surface area contributed by atoms with Crippen molar-refractivity contribution in [1.29, 1.82) is 0 Å². The number of carbonyl (C=O) groups excluding carboxylic acids is 3. The Labute approximate surface area is 188 Å². The molecule has 1 aliphatic rings. The number of amides is 2. The minimum absolute atomic E-state index is 0.0336. The number of hydrogen-bond acceptors (Lipinski definition) is 7. The highest BCUT2D eigenvalue weighted by molar-refractivity contribution is 6.50. The second kappa shape index (κ2) is 10.8. The SMILES string of the molecule is CC(C)CC(NC(=O)CNC(=O)c1cc(Cl)ccc1Cl)B1OC(=O)[C@@H](N)[C@H](C(=O)O)O1. The predicted molar refractivity (Wildman–Crippen MR) is 113 cm³/mol. The molecule has 0 bridgehead atoms. The number of benzene rings is 1. The van der Waals surface area contributed by atoms with E-state index in [2.05, 4.69) is 10.6 Å². The van der Waals surface area contributed by atoms with Crippen LogP contribution in [0.5, 0.6) is 0 Å². The molecule has 1 aliphatic heterocycles. The van der Waals surface area contributed by atoms with E-state index in [0.717, 1.165) is 0 Å². The first-order valence-corrected chi connectivity index (χ1v) is 10.1. The van der Waals surface area contributed by atoms with Gasteiger partial charge in [0.05, 0.1) is 23.1 Å². The minimum atomic E-state index is -1.61. The Morgan fingerprint density at radius 2 is 1.97 bits per heavy atom. The van der Waals surface area contributed by atoms with E-state index in [1.165, 1.54) is 18.2 Å². The lowest BCUT2D eigenvalue weighted by atomic mass is 9.72. The van der Waals surface area contributed by atoms with Crippen LogP contribution in [0.2, 0.25) is 10.0 Å². The average Bonchev–Trinajstić information content (AvgIpc) is 2.68. The molecule has 3 atom stereocenters. The summed E-state index contributed by atoms with van der Waals surface area (Å²) in [7, 11) is -1.35. The Bertz CT molecular complexity index is 871. The zero-order valence-electron chi connectivity index (χ0n) is 16.8. The summed E-state index contributed by atoms with van der Waals surface area (Å²) >= 11 is 11.8. The lowest BCUT2D eigenvalue weighted by Gasteiger charge is -2.33. The summed E-state index contributed by atoms with van der Waals surface area (Å²) in [6.45, 7) is 3.29. The van der Waals surface area contributed by atoms with Crippen molar-refractivity contribution in [1.82, 2.24) is 10.6 Å². The number of aliphatic carboxylic acids is 1. The summed E-state index contributed by atoms with van der Waals surface area (Å²) in [6, 6.07) is 2.86. The van der Waals surface area contributed by atoms with Crippen LogP contribution in [0, 0.1) is 5.92 Å². The van der Waals surface area contributed by atoms with Gasteiger partial charge in [-0.15, -0.1) is 0 Å². The molecule has 168 valence electrons. The highest BCUT2D eigenvalue weighted by Gasteiger charge is 2.48. The summed E-state index contributed by atoms with van der Waals surface area (Å²) in [4.78, 5) is 47.9. The van der Waals surface area contributed by atoms with Gasteiger partial charge >= 0.3 is 19.1 Å². The van der Waals surface area contributed by atoms with Crippen LogP contribution in [0.3, 0.4) is 0 Å². The molecule has 0 spiro atoms. The first-order chi connectivity index (χ1) is 14.5. The number of nitrogens with one attached hydrogen (secondary N) is 2. The third kappa shape index (κ3) is 6.83. The van der Waals surface area contributed by atoms with Crippen molar-refractivity contribution in [3.63, 3.8) is 0 Å². The third-order valence-electron chi connectivity index (χ3n) is 4.34. The largest absolute Gasteiger partial charge is 0.552 e. The highest BCUT2D eigenvalue weighted by atomic mass is 35.5. The summed E-state index contributed by atoms with van der Waals surface area (Å²) < 4.78 is 10.4. The topological polar surface area (TPSA) is 157 Å². The molecule has 5 N–H and O–H groups in total. The first kappa shape index (κ1) is 24.9. The monoisotopic (exact) mass is 473 g/mol. The van der Waals surface area contributed by atoms with Crippen molar-refractivity contribution in [3.05, 3.63) is 33.8 Å². The molecule has 2 amide bonds. The second-order valence-electron chi connectivity index (χ2n) is 7.34. The number of carboxylic acids is 1. The predicted octanol–water partition coefficient (Wildman–Crippen LogP) is 0.635. The van der Waals surface area contributed by atoms with Gasteiger partial charge in [-0.2, -0.15) is 0 Å². The Kier molecular flexibility index (Phi) is 8.69.